The highest BCUT2D eigenvalue weighted by Crippen LogP contribution is 2.16. The Hall–Kier alpha value is -0.570. The second-order valence-electron chi connectivity index (χ2n) is 6.27. The fourth-order valence-corrected chi connectivity index (χ4v) is 2.86. The number of carbonyl (C=O) groups excluding carboxylic acids is 1. The van der Waals surface area contributed by atoms with Crippen LogP contribution in [0.2, 0.25) is 0 Å². The van der Waals surface area contributed by atoms with E-state index in [-0.39, 0.29) is 5.97 Å². The van der Waals surface area contributed by atoms with E-state index in [0.717, 1.165) is 24.0 Å². The third-order valence-corrected chi connectivity index (χ3v) is 4.17. The van der Waals surface area contributed by atoms with E-state index >= 15 is 0 Å². The lowest BCUT2D eigenvalue weighted by molar-refractivity contribution is -0.907. The first kappa shape index (κ1) is 16.5. The molecular weight excluding hydrogens is 238 g/mol. The lowest BCUT2D eigenvalue weighted by Gasteiger charge is -2.36. The van der Waals surface area contributed by atoms with Crippen LogP contribution in [0, 0.1) is 0 Å². The number of rotatable bonds is 9. The van der Waals surface area contributed by atoms with Crippen molar-refractivity contribution in [2.75, 3.05) is 33.3 Å². The van der Waals surface area contributed by atoms with Crippen LogP contribution >= 0.6 is 0 Å². The van der Waals surface area contributed by atoms with Gasteiger partial charge in [-0.2, -0.15) is 0 Å². The Morgan fingerprint density at radius 3 is 2.32 bits per heavy atom. The average Bonchev–Trinajstić information content (AvgIpc) is 2.38. The van der Waals surface area contributed by atoms with Crippen molar-refractivity contribution >= 4 is 5.97 Å². The summed E-state index contributed by atoms with van der Waals surface area (Å²) in [6.45, 7) is 5.67. The zero-order chi connectivity index (χ0) is 14.0. The quantitative estimate of drug-likeness (QED) is 0.364. The van der Waals surface area contributed by atoms with Crippen LogP contribution < -0.4 is 0 Å². The molecule has 0 amide bonds. The van der Waals surface area contributed by atoms with Gasteiger partial charge in [-0.25, -0.2) is 4.79 Å². The van der Waals surface area contributed by atoms with Crippen LogP contribution in [-0.4, -0.2) is 43.7 Å². The molecule has 0 aromatic heterocycles. The van der Waals surface area contributed by atoms with Gasteiger partial charge in [0.25, 0.3) is 0 Å². The fraction of sp³-hybridized carbons (Fsp3) is 0.938. The van der Waals surface area contributed by atoms with Gasteiger partial charge >= 0.3 is 5.97 Å². The third-order valence-electron chi connectivity index (χ3n) is 4.17. The molecule has 19 heavy (non-hydrogen) atoms. The Morgan fingerprint density at radius 2 is 1.63 bits per heavy atom. The van der Waals surface area contributed by atoms with E-state index in [1.54, 1.807) is 0 Å². The Morgan fingerprint density at radius 1 is 1.00 bits per heavy atom. The van der Waals surface area contributed by atoms with Gasteiger partial charge < -0.3 is 9.22 Å². The van der Waals surface area contributed by atoms with Gasteiger partial charge in [-0.15, -0.1) is 0 Å². The van der Waals surface area contributed by atoms with Crippen LogP contribution in [0.1, 0.15) is 64.7 Å². The van der Waals surface area contributed by atoms with Crippen molar-refractivity contribution in [3.63, 3.8) is 0 Å². The first-order valence-electron chi connectivity index (χ1n) is 8.15. The molecule has 112 valence electrons. The van der Waals surface area contributed by atoms with Gasteiger partial charge in [-0.3, -0.25) is 0 Å². The van der Waals surface area contributed by atoms with E-state index in [0.29, 0.717) is 13.2 Å². The fourth-order valence-electron chi connectivity index (χ4n) is 2.86. The van der Waals surface area contributed by atoms with Gasteiger partial charge in [-0.1, -0.05) is 39.0 Å². The summed E-state index contributed by atoms with van der Waals surface area (Å²) in [6.07, 6.45) is 11.3. The summed E-state index contributed by atoms with van der Waals surface area (Å²) in [6, 6.07) is 0. The average molecular weight is 270 g/mol. The molecule has 0 N–H and O–H groups in total. The molecule has 0 saturated carbocycles. The molecule has 0 bridgehead atoms. The highest BCUT2D eigenvalue weighted by atomic mass is 16.5. The highest BCUT2D eigenvalue weighted by Gasteiger charge is 2.28. The molecule has 1 aliphatic rings. The SMILES string of the molecule is CCCCCCCCOC(=O)C[N+]1(C)CCCCC1. The molecular formula is C16H32NO2+. The summed E-state index contributed by atoms with van der Waals surface area (Å²) >= 11 is 0. The summed E-state index contributed by atoms with van der Waals surface area (Å²) < 4.78 is 6.25. The number of nitrogens with zero attached hydrogens (tertiary/aromatic N) is 1. The molecule has 0 aromatic rings. The Balaban J connectivity index is 2.01. The van der Waals surface area contributed by atoms with Gasteiger partial charge in [0, 0.05) is 0 Å². The Kier molecular flexibility index (Phi) is 8.11. The molecule has 1 rings (SSSR count). The maximum Gasteiger partial charge on any atom is 0.361 e. The molecule has 0 unspecified atom stereocenters. The van der Waals surface area contributed by atoms with Crippen LogP contribution in [-0.2, 0) is 9.53 Å². The molecule has 1 heterocycles. The van der Waals surface area contributed by atoms with Crippen LogP contribution in [0.15, 0.2) is 0 Å². The molecule has 0 aliphatic carbocycles. The van der Waals surface area contributed by atoms with Gasteiger partial charge in [0.05, 0.1) is 26.7 Å². The Bertz CT molecular complexity index is 247. The van der Waals surface area contributed by atoms with E-state index in [9.17, 15) is 4.79 Å². The van der Waals surface area contributed by atoms with Crippen molar-refractivity contribution in [1.82, 2.24) is 0 Å². The number of likely N-dealkylation sites (N-methyl/N-ethyl adjacent to an activating group) is 1. The van der Waals surface area contributed by atoms with Crippen molar-refractivity contribution in [3.8, 4) is 0 Å². The zero-order valence-electron chi connectivity index (χ0n) is 13.0. The molecule has 1 fully saturated rings. The normalized spacial score (nSPS) is 18.2. The number of likely N-dealkylation sites (tertiary alicyclic amines) is 1. The minimum absolute atomic E-state index is 0.00189. The van der Waals surface area contributed by atoms with E-state index in [1.807, 2.05) is 0 Å². The number of piperidine rings is 1. The van der Waals surface area contributed by atoms with Crippen LogP contribution in [0.3, 0.4) is 0 Å². The molecule has 0 radical (unpaired) electrons. The minimum atomic E-state index is -0.00189. The number of quaternary nitrogens is 1. The number of carbonyl (C=O) groups is 1. The summed E-state index contributed by atoms with van der Waals surface area (Å²) in [5.74, 6) is -0.00189. The van der Waals surface area contributed by atoms with E-state index in [1.165, 1.54) is 51.4 Å². The largest absolute Gasteiger partial charge is 0.462 e. The Labute approximate surface area is 118 Å². The van der Waals surface area contributed by atoms with Crippen molar-refractivity contribution in [1.29, 1.82) is 0 Å². The predicted octanol–water partition coefficient (Wildman–Crippen LogP) is 3.52. The van der Waals surface area contributed by atoms with Crippen molar-refractivity contribution in [2.24, 2.45) is 0 Å². The van der Waals surface area contributed by atoms with Crippen LogP contribution in [0.25, 0.3) is 0 Å². The highest BCUT2D eigenvalue weighted by molar-refractivity contribution is 5.70. The number of hydrogen-bond acceptors (Lipinski definition) is 2. The van der Waals surface area contributed by atoms with Crippen LogP contribution in [0.5, 0.6) is 0 Å². The van der Waals surface area contributed by atoms with Gasteiger partial charge in [0.15, 0.2) is 6.54 Å². The molecule has 0 spiro atoms. The van der Waals surface area contributed by atoms with Crippen molar-refractivity contribution in [3.05, 3.63) is 0 Å². The third kappa shape index (κ3) is 7.56. The van der Waals surface area contributed by atoms with Gasteiger partial charge in [0.2, 0.25) is 0 Å². The monoisotopic (exact) mass is 270 g/mol. The zero-order valence-corrected chi connectivity index (χ0v) is 13.0. The number of hydrogen-bond donors (Lipinski definition) is 0. The first-order chi connectivity index (χ1) is 9.16. The van der Waals surface area contributed by atoms with E-state index < -0.39 is 0 Å². The molecule has 1 saturated heterocycles. The number of ether oxygens (including phenoxy) is 1. The number of esters is 1. The smallest absolute Gasteiger partial charge is 0.361 e. The number of unbranched alkanes of at least 4 members (excludes halogenated alkanes) is 5. The molecule has 0 atom stereocenters. The first-order valence-corrected chi connectivity index (χ1v) is 8.15. The standard InChI is InChI=1S/C16H32NO2/c1-3-4-5-6-7-11-14-19-16(18)15-17(2)12-9-8-10-13-17/h3-15H2,1-2H3/q+1. The summed E-state index contributed by atoms with van der Waals surface area (Å²) in [7, 11) is 2.19. The van der Waals surface area contributed by atoms with Crippen molar-refractivity contribution < 1.29 is 14.0 Å². The molecule has 3 heteroatoms. The van der Waals surface area contributed by atoms with Crippen LogP contribution in [0.4, 0.5) is 0 Å². The molecule has 1 aliphatic heterocycles. The summed E-state index contributed by atoms with van der Waals surface area (Å²) in [5, 5.41) is 0. The van der Waals surface area contributed by atoms with E-state index in [2.05, 4.69) is 14.0 Å². The maximum absolute atomic E-state index is 11.8. The van der Waals surface area contributed by atoms with Crippen molar-refractivity contribution in [2.45, 2.75) is 64.7 Å². The summed E-state index contributed by atoms with van der Waals surface area (Å²) in [5.41, 5.74) is 0. The lowest BCUT2D eigenvalue weighted by Crippen LogP contribution is -2.51. The topological polar surface area (TPSA) is 26.3 Å². The lowest BCUT2D eigenvalue weighted by atomic mass is 10.1. The van der Waals surface area contributed by atoms with Gasteiger partial charge in [-0.05, 0) is 25.7 Å². The predicted molar refractivity (Wildman–Crippen MR) is 79.0 cm³/mol. The minimum Gasteiger partial charge on any atom is -0.462 e. The maximum atomic E-state index is 11.8. The second-order valence-corrected chi connectivity index (χ2v) is 6.27. The molecule has 3 nitrogen and oxygen atoms in total. The van der Waals surface area contributed by atoms with Gasteiger partial charge in [0.1, 0.15) is 0 Å². The molecule has 0 aromatic carbocycles. The second kappa shape index (κ2) is 9.35. The summed E-state index contributed by atoms with van der Waals surface area (Å²) in [4.78, 5) is 11.8. The van der Waals surface area contributed by atoms with E-state index in [4.69, 9.17) is 4.74 Å².